The Kier molecular flexibility index (Phi) is 7.91. The predicted molar refractivity (Wildman–Crippen MR) is 135 cm³/mol. The maximum absolute atomic E-state index is 10.9. The number of phenolic OH excluding ortho intramolecular Hbond substituents is 1. The molecule has 4 heteroatoms. The van der Waals surface area contributed by atoms with Gasteiger partial charge in [0.1, 0.15) is 17.2 Å². The SMILES string of the molecule is COc1cc(-c2cc(C(C)C)c(C)cc2O[Si](C(C)C)(C(C)C)C(C)C)c(O)cc1C. The van der Waals surface area contributed by atoms with Crippen LogP contribution in [0.4, 0.5) is 0 Å². The van der Waals surface area contributed by atoms with Gasteiger partial charge in [-0.15, -0.1) is 0 Å². The van der Waals surface area contributed by atoms with Gasteiger partial charge in [0, 0.05) is 11.1 Å². The fourth-order valence-corrected chi connectivity index (χ4v) is 10.5. The van der Waals surface area contributed by atoms with Gasteiger partial charge in [-0.2, -0.15) is 0 Å². The number of methoxy groups -OCH3 is 1. The Bertz CT molecular complexity index is 891. The highest BCUT2D eigenvalue weighted by molar-refractivity contribution is 6.78. The molecule has 31 heavy (non-hydrogen) atoms. The Morgan fingerprint density at radius 3 is 1.71 bits per heavy atom. The molecule has 0 aromatic heterocycles. The van der Waals surface area contributed by atoms with Crippen LogP contribution in [0.25, 0.3) is 11.1 Å². The standard InChI is InChI=1S/C27H42O3Si/c1-16(2)22-14-24(23-15-26(29-11)21(10)12-25(23)28)27(13-20(22)9)30-31(17(3)4,18(5)6)19(7)8/h12-19,28H,1-11H3. The molecule has 0 saturated heterocycles. The van der Waals surface area contributed by atoms with Gasteiger partial charge in [0.05, 0.1) is 7.11 Å². The van der Waals surface area contributed by atoms with Crippen molar-refractivity contribution in [2.45, 2.75) is 91.8 Å². The molecule has 0 atom stereocenters. The molecule has 1 N–H and O–H groups in total. The summed E-state index contributed by atoms with van der Waals surface area (Å²) in [5.41, 5.74) is 6.52. The zero-order chi connectivity index (χ0) is 23.7. The molecule has 2 aromatic carbocycles. The molecule has 0 aliphatic heterocycles. The molecular weight excluding hydrogens is 400 g/mol. The summed E-state index contributed by atoms with van der Waals surface area (Å²) >= 11 is 0. The van der Waals surface area contributed by atoms with Gasteiger partial charge in [-0.1, -0.05) is 55.4 Å². The van der Waals surface area contributed by atoms with Gasteiger partial charge in [-0.05, 0) is 77.3 Å². The van der Waals surface area contributed by atoms with Crippen LogP contribution < -0.4 is 9.16 Å². The molecule has 0 spiro atoms. The maximum Gasteiger partial charge on any atom is 0.258 e. The van der Waals surface area contributed by atoms with Crippen LogP contribution in [0.15, 0.2) is 24.3 Å². The fourth-order valence-electron chi connectivity index (χ4n) is 5.27. The minimum Gasteiger partial charge on any atom is -0.542 e. The van der Waals surface area contributed by atoms with Gasteiger partial charge >= 0.3 is 0 Å². The lowest BCUT2D eigenvalue weighted by molar-refractivity contribution is 0.409. The molecule has 0 aliphatic rings. The normalized spacial score (nSPS) is 12.4. The first-order chi connectivity index (χ1) is 14.4. The third kappa shape index (κ3) is 4.79. The molecule has 0 radical (unpaired) electrons. The Morgan fingerprint density at radius 1 is 0.710 bits per heavy atom. The lowest BCUT2D eigenvalue weighted by Gasteiger charge is -2.43. The minimum absolute atomic E-state index is 0.257. The summed E-state index contributed by atoms with van der Waals surface area (Å²) in [7, 11) is -0.493. The van der Waals surface area contributed by atoms with Crippen LogP contribution in [0.1, 0.15) is 78.0 Å². The van der Waals surface area contributed by atoms with Crippen molar-refractivity contribution in [3.05, 3.63) is 41.0 Å². The molecule has 0 aliphatic carbocycles. The summed E-state index contributed by atoms with van der Waals surface area (Å²) in [6, 6.07) is 8.12. The summed E-state index contributed by atoms with van der Waals surface area (Å²) in [6.45, 7) is 22.3. The highest BCUT2D eigenvalue weighted by Gasteiger charge is 2.47. The van der Waals surface area contributed by atoms with E-state index in [1.165, 1.54) is 11.1 Å². The maximum atomic E-state index is 10.9. The first-order valence-corrected chi connectivity index (χ1v) is 13.7. The first kappa shape index (κ1) is 25.3. The van der Waals surface area contributed by atoms with Crippen LogP contribution in [0.5, 0.6) is 17.2 Å². The molecule has 2 rings (SSSR count). The van der Waals surface area contributed by atoms with E-state index >= 15 is 0 Å². The fraction of sp³-hybridized carbons (Fsp3) is 0.556. The third-order valence-corrected chi connectivity index (χ3v) is 12.8. The average Bonchev–Trinajstić information content (AvgIpc) is 2.65. The van der Waals surface area contributed by atoms with Crippen molar-refractivity contribution in [1.82, 2.24) is 0 Å². The van der Waals surface area contributed by atoms with Crippen molar-refractivity contribution >= 4 is 8.32 Å². The number of aryl methyl sites for hydroxylation is 2. The Morgan fingerprint density at radius 2 is 1.26 bits per heavy atom. The van der Waals surface area contributed by atoms with E-state index in [-0.39, 0.29) is 5.75 Å². The second-order valence-electron chi connectivity index (χ2n) is 10.1. The van der Waals surface area contributed by atoms with E-state index in [1.54, 1.807) is 13.2 Å². The van der Waals surface area contributed by atoms with E-state index in [0.29, 0.717) is 22.5 Å². The predicted octanol–water partition coefficient (Wildman–Crippen LogP) is 8.36. The van der Waals surface area contributed by atoms with Gasteiger partial charge in [0.15, 0.2) is 0 Å². The van der Waals surface area contributed by atoms with E-state index in [9.17, 15) is 5.11 Å². The van der Waals surface area contributed by atoms with Crippen LogP contribution in [0.2, 0.25) is 16.6 Å². The van der Waals surface area contributed by atoms with Gasteiger partial charge in [0.25, 0.3) is 8.32 Å². The average molecular weight is 443 g/mol. The van der Waals surface area contributed by atoms with Crippen molar-refractivity contribution in [2.75, 3.05) is 7.11 Å². The Hall–Kier alpha value is -1.94. The molecule has 0 fully saturated rings. The van der Waals surface area contributed by atoms with E-state index in [4.69, 9.17) is 9.16 Å². The quantitative estimate of drug-likeness (QED) is 0.417. The number of hydrogen-bond donors (Lipinski definition) is 1. The summed E-state index contributed by atoms with van der Waals surface area (Å²) in [5.74, 6) is 2.29. The molecule has 0 heterocycles. The third-order valence-electron chi connectivity index (χ3n) is 6.79. The zero-order valence-corrected chi connectivity index (χ0v) is 22.4. The van der Waals surface area contributed by atoms with Crippen LogP contribution in [-0.2, 0) is 0 Å². The molecule has 2 aromatic rings. The van der Waals surface area contributed by atoms with Gasteiger partial charge in [0.2, 0.25) is 0 Å². The zero-order valence-electron chi connectivity index (χ0n) is 21.4. The van der Waals surface area contributed by atoms with Crippen molar-refractivity contribution in [1.29, 1.82) is 0 Å². The van der Waals surface area contributed by atoms with Crippen molar-refractivity contribution in [2.24, 2.45) is 0 Å². The number of aromatic hydroxyl groups is 1. The number of hydrogen-bond acceptors (Lipinski definition) is 3. The van der Waals surface area contributed by atoms with Crippen LogP contribution >= 0.6 is 0 Å². The largest absolute Gasteiger partial charge is 0.542 e. The molecule has 172 valence electrons. The molecule has 0 saturated carbocycles. The molecule has 0 unspecified atom stereocenters. The summed E-state index contributed by atoms with van der Waals surface area (Å²) in [5, 5.41) is 10.9. The second-order valence-corrected chi connectivity index (χ2v) is 15.5. The van der Waals surface area contributed by atoms with Crippen molar-refractivity contribution < 1.29 is 14.3 Å². The van der Waals surface area contributed by atoms with Crippen LogP contribution in [0, 0.1) is 13.8 Å². The lowest BCUT2D eigenvalue weighted by atomic mass is 9.92. The summed E-state index contributed by atoms with van der Waals surface area (Å²) in [6.07, 6.45) is 0. The van der Waals surface area contributed by atoms with E-state index in [1.807, 2.05) is 13.0 Å². The second kappa shape index (κ2) is 9.68. The monoisotopic (exact) mass is 442 g/mol. The highest BCUT2D eigenvalue weighted by Crippen LogP contribution is 2.47. The summed E-state index contributed by atoms with van der Waals surface area (Å²) < 4.78 is 12.7. The Balaban J connectivity index is 2.84. The first-order valence-electron chi connectivity index (χ1n) is 11.6. The van der Waals surface area contributed by atoms with Crippen LogP contribution in [-0.4, -0.2) is 20.5 Å². The van der Waals surface area contributed by atoms with Crippen molar-refractivity contribution in [3.8, 4) is 28.4 Å². The molecule has 3 nitrogen and oxygen atoms in total. The minimum atomic E-state index is -2.16. The van der Waals surface area contributed by atoms with Crippen molar-refractivity contribution in [3.63, 3.8) is 0 Å². The highest BCUT2D eigenvalue weighted by atomic mass is 28.4. The van der Waals surface area contributed by atoms with Gasteiger partial charge in [-0.3, -0.25) is 0 Å². The molecular formula is C27H42O3Si. The smallest absolute Gasteiger partial charge is 0.258 e. The topological polar surface area (TPSA) is 38.7 Å². The number of phenols is 1. The van der Waals surface area contributed by atoms with Crippen LogP contribution in [0.3, 0.4) is 0 Å². The lowest BCUT2D eigenvalue weighted by Crippen LogP contribution is -2.50. The van der Waals surface area contributed by atoms with E-state index in [2.05, 4.69) is 74.4 Å². The summed E-state index contributed by atoms with van der Waals surface area (Å²) in [4.78, 5) is 0. The number of ether oxygens (including phenoxy) is 1. The van der Waals surface area contributed by atoms with Gasteiger partial charge < -0.3 is 14.3 Å². The Labute approximate surface area is 190 Å². The molecule has 0 amide bonds. The molecule has 0 bridgehead atoms. The number of rotatable bonds is 8. The van der Waals surface area contributed by atoms with E-state index in [0.717, 1.165) is 28.2 Å². The van der Waals surface area contributed by atoms with Gasteiger partial charge in [-0.25, -0.2) is 0 Å². The van der Waals surface area contributed by atoms with E-state index < -0.39 is 8.32 Å². The number of benzene rings is 2.